The SMILES string of the molecule is COC1CCCCC12CC(O)c1ccc(Br)cc1O2. The summed E-state index contributed by atoms with van der Waals surface area (Å²) in [7, 11) is 1.74. The molecule has 1 spiro atoms. The minimum absolute atomic E-state index is 0.0723. The van der Waals surface area contributed by atoms with Crippen molar-refractivity contribution in [2.24, 2.45) is 0 Å². The van der Waals surface area contributed by atoms with Gasteiger partial charge < -0.3 is 14.6 Å². The number of hydrogen-bond donors (Lipinski definition) is 1. The highest BCUT2D eigenvalue weighted by Gasteiger charge is 2.48. The van der Waals surface area contributed by atoms with Crippen molar-refractivity contribution in [1.29, 1.82) is 0 Å². The Balaban J connectivity index is 1.98. The summed E-state index contributed by atoms with van der Waals surface area (Å²) in [6.07, 6.45) is 4.50. The molecule has 1 N–H and O–H groups in total. The molecule has 3 atom stereocenters. The van der Waals surface area contributed by atoms with Gasteiger partial charge in [0.05, 0.1) is 12.2 Å². The lowest BCUT2D eigenvalue weighted by molar-refractivity contribution is -0.130. The van der Waals surface area contributed by atoms with Crippen molar-refractivity contribution in [2.45, 2.75) is 49.9 Å². The molecule has 1 saturated carbocycles. The van der Waals surface area contributed by atoms with E-state index in [0.29, 0.717) is 6.42 Å². The Bertz CT molecular complexity index is 476. The number of rotatable bonds is 1. The van der Waals surface area contributed by atoms with Crippen LogP contribution in [0.25, 0.3) is 0 Å². The van der Waals surface area contributed by atoms with Crippen LogP contribution < -0.4 is 4.74 Å². The van der Waals surface area contributed by atoms with Crippen LogP contribution in [-0.2, 0) is 4.74 Å². The van der Waals surface area contributed by atoms with Gasteiger partial charge in [0.15, 0.2) is 0 Å². The summed E-state index contributed by atoms with van der Waals surface area (Å²) in [5, 5.41) is 10.4. The van der Waals surface area contributed by atoms with Crippen LogP contribution in [0.2, 0.25) is 0 Å². The third kappa shape index (κ3) is 2.30. The normalized spacial score (nSPS) is 33.8. The largest absolute Gasteiger partial charge is 0.484 e. The monoisotopic (exact) mass is 326 g/mol. The van der Waals surface area contributed by atoms with Crippen molar-refractivity contribution in [3.63, 3.8) is 0 Å². The van der Waals surface area contributed by atoms with Gasteiger partial charge in [0, 0.05) is 23.6 Å². The summed E-state index contributed by atoms with van der Waals surface area (Å²) < 4.78 is 12.9. The molecule has 4 heteroatoms. The average molecular weight is 327 g/mol. The Labute approximate surface area is 122 Å². The number of fused-ring (bicyclic) bond motifs is 1. The van der Waals surface area contributed by atoms with Crippen molar-refractivity contribution in [1.82, 2.24) is 0 Å². The van der Waals surface area contributed by atoms with Gasteiger partial charge >= 0.3 is 0 Å². The number of ether oxygens (including phenoxy) is 2. The van der Waals surface area contributed by atoms with Gasteiger partial charge in [-0.25, -0.2) is 0 Å². The van der Waals surface area contributed by atoms with E-state index in [4.69, 9.17) is 9.47 Å². The molecule has 1 aliphatic heterocycles. The first kappa shape index (κ1) is 13.4. The standard InChI is InChI=1S/C15H19BrO3/c1-18-14-4-2-3-7-15(14)9-12(17)11-6-5-10(16)8-13(11)19-15/h5-6,8,12,14,17H,2-4,7,9H2,1H3. The quantitative estimate of drug-likeness (QED) is 0.857. The van der Waals surface area contributed by atoms with E-state index in [1.54, 1.807) is 7.11 Å². The fourth-order valence-corrected chi connectivity index (χ4v) is 3.77. The lowest BCUT2D eigenvalue weighted by Gasteiger charge is -2.47. The van der Waals surface area contributed by atoms with Gasteiger partial charge in [-0.1, -0.05) is 28.4 Å². The van der Waals surface area contributed by atoms with Crippen LogP contribution >= 0.6 is 15.9 Å². The van der Waals surface area contributed by atoms with Gasteiger partial charge in [-0.2, -0.15) is 0 Å². The Morgan fingerprint density at radius 3 is 3.05 bits per heavy atom. The molecule has 1 aliphatic carbocycles. The number of hydrogen-bond acceptors (Lipinski definition) is 3. The molecule has 1 aromatic carbocycles. The van der Waals surface area contributed by atoms with Crippen LogP contribution in [0.3, 0.4) is 0 Å². The first-order chi connectivity index (χ1) is 9.14. The van der Waals surface area contributed by atoms with Gasteiger partial charge in [0.1, 0.15) is 11.4 Å². The average Bonchev–Trinajstić information content (AvgIpc) is 2.38. The highest BCUT2D eigenvalue weighted by molar-refractivity contribution is 9.10. The number of aliphatic hydroxyl groups excluding tert-OH is 1. The molecule has 3 nitrogen and oxygen atoms in total. The third-order valence-electron chi connectivity index (χ3n) is 4.37. The highest BCUT2D eigenvalue weighted by atomic mass is 79.9. The predicted octanol–water partition coefficient (Wildman–Crippen LogP) is 3.59. The number of benzene rings is 1. The summed E-state index contributed by atoms with van der Waals surface area (Å²) in [5.74, 6) is 0.789. The fourth-order valence-electron chi connectivity index (χ4n) is 3.43. The zero-order valence-corrected chi connectivity index (χ0v) is 12.6. The van der Waals surface area contributed by atoms with Crippen LogP contribution in [0.15, 0.2) is 22.7 Å². The molecule has 3 rings (SSSR count). The van der Waals surface area contributed by atoms with Crippen LogP contribution in [-0.4, -0.2) is 23.9 Å². The number of aliphatic hydroxyl groups is 1. The van der Waals surface area contributed by atoms with Crippen molar-refractivity contribution in [3.8, 4) is 5.75 Å². The molecule has 19 heavy (non-hydrogen) atoms. The van der Waals surface area contributed by atoms with E-state index in [-0.39, 0.29) is 11.7 Å². The molecule has 3 unspecified atom stereocenters. The Morgan fingerprint density at radius 1 is 1.42 bits per heavy atom. The number of methoxy groups -OCH3 is 1. The molecule has 0 radical (unpaired) electrons. The van der Waals surface area contributed by atoms with E-state index < -0.39 is 6.10 Å². The van der Waals surface area contributed by atoms with Gasteiger partial charge in [0.2, 0.25) is 0 Å². The summed E-state index contributed by atoms with van der Waals surface area (Å²) in [6.45, 7) is 0. The maximum atomic E-state index is 10.4. The van der Waals surface area contributed by atoms with Crippen LogP contribution in [0, 0.1) is 0 Å². The maximum Gasteiger partial charge on any atom is 0.138 e. The van der Waals surface area contributed by atoms with Crippen molar-refractivity contribution < 1.29 is 14.6 Å². The minimum atomic E-state index is -0.465. The van der Waals surface area contributed by atoms with Gasteiger partial charge in [-0.3, -0.25) is 0 Å². The van der Waals surface area contributed by atoms with Crippen molar-refractivity contribution in [2.75, 3.05) is 7.11 Å². The second kappa shape index (κ2) is 5.08. The van der Waals surface area contributed by atoms with Crippen LogP contribution in [0.4, 0.5) is 0 Å². The molecule has 1 fully saturated rings. The molecule has 1 aromatic rings. The van der Waals surface area contributed by atoms with Crippen LogP contribution in [0.5, 0.6) is 5.75 Å². The molecule has 1 heterocycles. The zero-order valence-electron chi connectivity index (χ0n) is 11.1. The van der Waals surface area contributed by atoms with E-state index >= 15 is 0 Å². The topological polar surface area (TPSA) is 38.7 Å². The van der Waals surface area contributed by atoms with Crippen molar-refractivity contribution in [3.05, 3.63) is 28.2 Å². The molecule has 0 bridgehead atoms. The van der Waals surface area contributed by atoms with E-state index in [1.165, 1.54) is 6.42 Å². The first-order valence-corrected chi connectivity index (χ1v) is 7.63. The second-order valence-corrected chi connectivity index (χ2v) is 6.45. The lowest BCUT2D eigenvalue weighted by Crippen LogP contribution is -2.53. The Morgan fingerprint density at radius 2 is 2.26 bits per heavy atom. The summed E-state index contributed by atoms with van der Waals surface area (Å²) in [4.78, 5) is 0. The van der Waals surface area contributed by atoms with Gasteiger partial charge in [0.25, 0.3) is 0 Å². The van der Waals surface area contributed by atoms with E-state index in [2.05, 4.69) is 15.9 Å². The Hall–Kier alpha value is -0.580. The zero-order chi connectivity index (χ0) is 13.5. The predicted molar refractivity (Wildman–Crippen MR) is 76.3 cm³/mol. The van der Waals surface area contributed by atoms with Gasteiger partial charge in [-0.15, -0.1) is 0 Å². The molecule has 2 aliphatic rings. The molecular formula is C15H19BrO3. The molecule has 0 aromatic heterocycles. The maximum absolute atomic E-state index is 10.4. The summed E-state index contributed by atoms with van der Waals surface area (Å²) in [6, 6.07) is 5.82. The van der Waals surface area contributed by atoms with E-state index in [1.807, 2.05) is 18.2 Å². The van der Waals surface area contributed by atoms with E-state index in [0.717, 1.165) is 35.0 Å². The molecule has 0 saturated heterocycles. The molecule has 104 valence electrons. The van der Waals surface area contributed by atoms with Gasteiger partial charge in [-0.05, 0) is 31.4 Å². The minimum Gasteiger partial charge on any atom is -0.484 e. The second-order valence-electron chi connectivity index (χ2n) is 5.54. The Kier molecular flexibility index (Phi) is 3.58. The van der Waals surface area contributed by atoms with E-state index in [9.17, 15) is 5.11 Å². The third-order valence-corrected chi connectivity index (χ3v) is 4.87. The summed E-state index contributed by atoms with van der Waals surface area (Å²) in [5.41, 5.74) is 0.523. The van der Waals surface area contributed by atoms with Crippen molar-refractivity contribution >= 4 is 15.9 Å². The lowest BCUT2D eigenvalue weighted by atomic mass is 9.75. The number of halogens is 1. The smallest absolute Gasteiger partial charge is 0.138 e. The highest BCUT2D eigenvalue weighted by Crippen LogP contribution is 2.47. The van der Waals surface area contributed by atoms with Crippen LogP contribution in [0.1, 0.15) is 43.8 Å². The molecular weight excluding hydrogens is 308 g/mol. The summed E-state index contributed by atoms with van der Waals surface area (Å²) >= 11 is 3.46. The molecule has 0 amide bonds. The fraction of sp³-hybridized carbons (Fsp3) is 0.600. The first-order valence-electron chi connectivity index (χ1n) is 6.84.